The summed E-state index contributed by atoms with van der Waals surface area (Å²) < 4.78 is 5.33. The van der Waals surface area contributed by atoms with E-state index in [2.05, 4.69) is 30.4 Å². The second-order valence-electron chi connectivity index (χ2n) is 8.22. The number of aliphatic hydroxyl groups excluding tert-OH is 1. The van der Waals surface area contributed by atoms with Crippen molar-refractivity contribution in [3.05, 3.63) is 72.4 Å². The van der Waals surface area contributed by atoms with Gasteiger partial charge in [-0.3, -0.25) is 9.78 Å². The van der Waals surface area contributed by atoms with Crippen molar-refractivity contribution in [1.82, 2.24) is 30.0 Å². The lowest BCUT2D eigenvalue weighted by atomic mass is 9.98. The molecule has 1 aliphatic heterocycles. The molecule has 3 N–H and O–H groups in total. The van der Waals surface area contributed by atoms with Crippen LogP contribution in [0.2, 0.25) is 0 Å². The SMILES string of the molecule is CN1CCC(O)(c2cc(-c3cccc(-c4ccnc(NC(CO)c5ccccn5)n4)n3)no2)C1=O. The molecule has 2 unspecified atom stereocenters. The zero-order valence-corrected chi connectivity index (χ0v) is 18.9. The number of pyridine rings is 2. The van der Waals surface area contributed by atoms with Gasteiger partial charge in [0.15, 0.2) is 5.76 Å². The minimum Gasteiger partial charge on any atom is -0.394 e. The lowest BCUT2D eigenvalue weighted by molar-refractivity contribution is -0.144. The Bertz CT molecular complexity index is 1350. The Morgan fingerprint density at radius 3 is 2.57 bits per heavy atom. The van der Waals surface area contributed by atoms with Crippen LogP contribution >= 0.6 is 0 Å². The topological polar surface area (TPSA) is 150 Å². The zero-order chi connectivity index (χ0) is 24.4. The van der Waals surface area contributed by atoms with Crippen molar-refractivity contribution < 1.29 is 19.5 Å². The van der Waals surface area contributed by atoms with Crippen LogP contribution in [0.25, 0.3) is 22.8 Å². The minimum atomic E-state index is -1.72. The number of likely N-dealkylation sites (tertiary alicyclic amines) is 1. The first-order chi connectivity index (χ1) is 17.0. The molecular weight excluding hydrogens is 450 g/mol. The highest BCUT2D eigenvalue weighted by Crippen LogP contribution is 2.34. The van der Waals surface area contributed by atoms with Gasteiger partial charge in [-0.1, -0.05) is 17.3 Å². The van der Waals surface area contributed by atoms with Gasteiger partial charge in [0, 0.05) is 38.5 Å². The van der Waals surface area contributed by atoms with Crippen molar-refractivity contribution in [1.29, 1.82) is 0 Å². The van der Waals surface area contributed by atoms with Gasteiger partial charge in [-0.25, -0.2) is 15.0 Å². The van der Waals surface area contributed by atoms with E-state index >= 15 is 0 Å². The smallest absolute Gasteiger partial charge is 0.262 e. The fraction of sp³-hybridized carbons (Fsp3) is 0.250. The van der Waals surface area contributed by atoms with E-state index in [0.717, 1.165) is 0 Å². The van der Waals surface area contributed by atoms with Crippen molar-refractivity contribution in [2.75, 3.05) is 25.5 Å². The quantitative estimate of drug-likeness (QED) is 0.362. The molecule has 5 heterocycles. The van der Waals surface area contributed by atoms with Gasteiger partial charge in [0.05, 0.1) is 35.4 Å². The number of anilines is 1. The maximum Gasteiger partial charge on any atom is 0.262 e. The highest BCUT2D eigenvalue weighted by atomic mass is 16.5. The van der Waals surface area contributed by atoms with Gasteiger partial charge in [0.1, 0.15) is 5.69 Å². The van der Waals surface area contributed by atoms with Crippen molar-refractivity contribution in [2.45, 2.75) is 18.1 Å². The fourth-order valence-corrected chi connectivity index (χ4v) is 3.92. The summed E-state index contributed by atoms with van der Waals surface area (Å²) in [5, 5.41) is 27.7. The number of nitrogens with zero attached hydrogens (tertiary/aromatic N) is 6. The first-order valence-corrected chi connectivity index (χ1v) is 11.0. The van der Waals surface area contributed by atoms with Crippen molar-refractivity contribution in [3.63, 3.8) is 0 Å². The number of hydrogen-bond acceptors (Lipinski definition) is 10. The highest BCUT2D eigenvalue weighted by molar-refractivity contribution is 5.87. The number of aromatic nitrogens is 5. The number of hydrogen-bond donors (Lipinski definition) is 3. The summed E-state index contributed by atoms with van der Waals surface area (Å²) in [5.41, 5.74) is 0.944. The lowest BCUT2D eigenvalue weighted by Crippen LogP contribution is -2.35. The molecule has 178 valence electrons. The average Bonchev–Trinajstić information content (AvgIpc) is 3.50. The van der Waals surface area contributed by atoms with E-state index in [1.54, 1.807) is 49.8 Å². The maximum absolute atomic E-state index is 12.4. The molecular formula is C24H23N7O4. The molecule has 0 saturated carbocycles. The van der Waals surface area contributed by atoms with Crippen LogP contribution in [-0.2, 0) is 10.4 Å². The Hall–Kier alpha value is -4.22. The monoisotopic (exact) mass is 473 g/mol. The number of amides is 1. The molecule has 35 heavy (non-hydrogen) atoms. The van der Waals surface area contributed by atoms with Crippen LogP contribution in [0.15, 0.2) is 65.4 Å². The molecule has 0 radical (unpaired) electrons. The Labute approximate surface area is 200 Å². The van der Waals surface area contributed by atoms with Gasteiger partial charge in [0.2, 0.25) is 11.5 Å². The Morgan fingerprint density at radius 2 is 1.86 bits per heavy atom. The van der Waals surface area contributed by atoms with Crippen molar-refractivity contribution in [2.24, 2.45) is 0 Å². The second-order valence-corrected chi connectivity index (χ2v) is 8.22. The van der Waals surface area contributed by atoms with E-state index in [4.69, 9.17) is 4.52 Å². The first kappa shape index (κ1) is 22.6. The molecule has 2 atom stereocenters. The van der Waals surface area contributed by atoms with Crippen molar-refractivity contribution in [3.8, 4) is 22.8 Å². The third-order valence-electron chi connectivity index (χ3n) is 5.89. The van der Waals surface area contributed by atoms with E-state index in [0.29, 0.717) is 41.0 Å². The molecule has 0 aromatic carbocycles. The predicted molar refractivity (Wildman–Crippen MR) is 125 cm³/mol. The minimum absolute atomic E-state index is 0.0899. The molecule has 1 amide bonds. The predicted octanol–water partition coefficient (Wildman–Crippen LogP) is 1.78. The summed E-state index contributed by atoms with van der Waals surface area (Å²) in [7, 11) is 1.63. The molecule has 0 bridgehead atoms. The van der Waals surface area contributed by atoms with E-state index < -0.39 is 17.6 Å². The lowest BCUT2D eigenvalue weighted by Gasteiger charge is -2.16. The zero-order valence-electron chi connectivity index (χ0n) is 18.9. The third-order valence-corrected chi connectivity index (χ3v) is 5.89. The summed E-state index contributed by atoms with van der Waals surface area (Å²) in [5.74, 6) is -0.0174. The van der Waals surface area contributed by atoms with Crippen molar-refractivity contribution >= 4 is 11.9 Å². The molecule has 11 heteroatoms. The van der Waals surface area contributed by atoms with E-state index in [1.807, 2.05) is 12.1 Å². The highest BCUT2D eigenvalue weighted by Gasteiger charge is 2.48. The molecule has 1 aliphatic rings. The van der Waals surface area contributed by atoms with Gasteiger partial charge in [-0.2, -0.15) is 0 Å². The summed E-state index contributed by atoms with van der Waals surface area (Å²) in [4.78, 5) is 31.5. The average molecular weight is 473 g/mol. The van der Waals surface area contributed by atoms with Gasteiger partial charge in [0.25, 0.3) is 5.91 Å². The van der Waals surface area contributed by atoms with Crippen LogP contribution in [0, 0.1) is 0 Å². The molecule has 0 aliphatic carbocycles. The Morgan fingerprint density at radius 1 is 1.06 bits per heavy atom. The summed E-state index contributed by atoms with van der Waals surface area (Å²) in [6, 6.07) is 13.6. The van der Waals surface area contributed by atoms with Gasteiger partial charge in [-0.15, -0.1) is 0 Å². The third kappa shape index (κ3) is 4.34. The molecule has 4 aromatic rings. The summed E-state index contributed by atoms with van der Waals surface area (Å²) >= 11 is 0. The molecule has 5 rings (SSSR count). The standard InChI is InChI=1S/C24H23N7O4/c1-31-12-9-24(34,22(31)33)21-13-19(30-35-21)17-7-4-6-16(27-17)18-8-11-26-23(28-18)29-20(14-32)15-5-2-3-10-25-15/h2-8,10-11,13,20,32,34H,9,12,14H2,1H3,(H,26,28,29). The molecule has 4 aromatic heterocycles. The van der Waals surface area contributed by atoms with Crippen LogP contribution in [0.3, 0.4) is 0 Å². The van der Waals surface area contributed by atoms with Crippen LogP contribution < -0.4 is 5.32 Å². The molecule has 0 spiro atoms. The Balaban J connectivity index is 1.39. The van der Waals surface area contributed by atoms with Crippen LogP contribution in [0.5, 0.6) is 0 Å². The number of aliphatic hydroxyl groups is 2. The second kappa shape index (κ2) is 9.20. The molecule has 1 saturated heterocycles. The number of carbonyl (C=O) groups excluding carboxylic acids is 1. The number of likely N-dealkylation sites (N-methyl/N-ethyl adjacent to an activating group) is 1. The number of carbonyl (C=O) groups is 1. The maximum atomic E-state index is 12.4. The van der Waals surface area contributed by atoms with Crippen LogP contribution in [0.4, 0.5) is 5.95 Å². The van der Waals surface area contributed by atoms with Gasteiger partial charge >= 0.3 is 0 Å². The van der Waals surface area contributed by atoms with Crippen LogP contribution in [0.1, 0.15) is 23.9 Å². The number of nitrogens with one attached hydrogen (secondary N) is 1. The largest absolute Gasteiger partial charge is 0.394 e. The van der Waals surface area contributed by atoms with Crippen LogP contribution in [-0.4, -0.2) is 66.3 Å². The molecule has 11 nitrogen and oxygen atoms in total. The van der Waals surface area contributed by atoms with Gasteiger partial charge < -0.3 is 25.0 Å². The van der Waals surface area contributed by atoms with Gasteiger partial charge in [-0.05, 0) is 30.3 Å². The van der Waals surface area contributed by atoms with E-state index in [-0.39, 0.29) is 18.8 Å². The normalized spacial score (nSPS) is 18.6. The fourth-order valence-electron chi connectivity index (χ4n) is 3.92. The summed E-state index contributed by atoms with van der Waals surface area (Å²) in [6.07, 6.45) is 3.48. The summed E-state index contributed by atoms with van der Waals surface area (Å²) in [6.45, 7) is 0.248. The number of rotatable bonds is 7. The Kier molecular flexibility index (Phi) is 5.93. The van der Waals surface area contributed by atoms with E-state index in [1.165, 1.54) is 11.0 Å². The first-order valence-electron chi connectivity index (χ1n) is 11.0. The van der Waals surface area contributed by atoms with E-state index in [9.17, 15) is 15.0 Å². The molecule has 1 fully saturated rings.